The van der Waals surface area contributed by atoms with Gasteiger partial charge in [0.1, 0.15) is 5.54 Å². The number of H-pyrrole nitrogens is 1. The number of aromatic nitrogens is 1. The van der Waals surface area contributed by atoms with E-state index in [0.717, 1.165) is 17.7 Å². The highest BCUT2D eigenvalue weighted by Crippen LogP contribution is 2.28. The van der Waals surface area contributed by atoms with Crippen LogP contribution in [0.4, 0.5) is 0 Å². The van der Waals surface area contributed by atoms with E-state index in [-0.39, 0.29) is 5.91 Å². The highest BCUT2D eigenvalue weighted by molar-refractivity contribution is 7.99. The van der Waals surface area contributed by atoms with Gasteiger partial charge in [0.2, 0.25) is 5.91 Å². The van der Waals surface area contributed by atoms with Gasteiger partial charge in [-0.25, -0.2) is 4.79 Å². The summed E-state index contributed by atoms with van der Waals surface area (Å²) in [5.74, 6) is 0.139. The van der Waals surface area contributed by atoms with Crippen molar-refractivity contribution in [2.75, 3.05) is 11.5 Å². The Labute approximate surface area is 138 Å². The van der Waals surface area contributed by atoms with Crippen LogP contribution in [0.3, 0.4) is 0 Å². The molecule has 1 atom stereocenters. The summed E-state index contributed by atoms with van der Waals surface area (Å²) in [6.07, 6.45) is 4.33. The first-order valence-corrected chi connectivity index (χ1v) is 8.93. The van der Waals surface area contributed by atoms with E-state index in [0.29, 0.717) is 25.0 Å². The topological polar surface area (TPSA) is 82.2 Å². The van der Waals surface area contributed by atoms with Crippen molar-refractivity contribution in [3.63, 3.8) is 0 Å². The van der Waals surface area contributed by atoms with Crippen LogP contribution in [0, 0.1) is 0 Å². The normalized spacial score (nSPS) is 20.7. The predicted octanol–water partition coefficient (Wildman–Crippen LogP) is 2.57. The molecule has 3 N–H and O–H groups in total. The quantitative estimate of drug-likeness (QED) is 0.759. The summed E-state index contributed by atoms with van der Waals surface area (Å²) in [6, 6.07) is 8.08. The Morgan fingerprint density at radius 2 is 2.17 bits per heavy atom. The SMILES string of the molecule is O=C(CCCc1c[nH]c2ccccc12)NC1(C(=O)O)CCSC1. The number of fused-ring (bicyclic) bond motifs is 1. The second-order valence-electron chi connectivity index (χ2n) is 5.95. The monoisotopic (exact) mass is 332 g/mol. The molecule has 0 bridgehead atoms. The highest BCUT2D eigenvalue weighted by Gasteiger charge is 2.43. The smallest absolute Gasteiger partial charge is 0.330 e. The molecule has 2 aromatic rings. The Morgan fingerprint density at radius 1 is 1.35 bits per heavy atom. The molecule has 3 rings (SSSR count). The lowest BCUT2D eigenvalue weighted by Gasteiger charge is -2.24. The average molecular weight is 332 g/mol. The molecule has 1 unspecified atom stereocenters. The van der Waals surface area contributed by atoms with Crippen molar-refractivity contribution in [1.82, 2.24) is 10.3 Å². The number of hydrogen-bond donors (Lipinski definition) is 3. The van der Waals surface area contributed by atoms with Gasteiger partial charge >= 0.3 is 5.97 Å². The molecule has 0 aliphatic carbocycles. The molecule has 1 aliphatic rings. The maximum atomic E-state index is 12.1. The fourth-order valence-electron chi connectivity index (χ4n) is 2.99. The first-order chi connectivity index (χ1) is 11.1. The summed E-state index contributed by atoms with van der Waals surface area (Å²) in [5.41, 5.74) is 1.22. The second-order valence-corrected chi connectivity index (χ2v) is 7.06. The lowest BCUT2D eigenvalue weighted by Crippen LogP contribution is -2.54. The Bertz CT molecular complexity index is 719. The van der Waals surface area contributed by atoms with Crippen LogP contribution in [0.15, 0.2) is 30.5 Å². The number of carbonyl (C=O) groups is 2. The largest absolute Gasteiger partial charge is 0.479 e. The number of carboxylic acids is 1. The van der Waals surface area contributed by atoms with Gasteiger partial charge in [-0.3, -0.25) is 4.79 Å². The molecule has 122 valence electrons. The van der Waals surface area contributed by atoms with E-state index in [1.807, 2.05) is 24.4 Å². The fraction of sp³-hybridized carbons (Fsp3) is 0.412. The minimum atomic E-state index is -1.07. The lowest BCUT2D eigenvalue weighted by molar-refractivity contribution is -0.146. The van der Waals surface area contributed by atoms with Gasteiger partial charge in [-0.2, -0.15) is 11.8 Å². The maximum absolute atomic E-state index is 12.1. The summed E-state index contributed by atoms with van der Waals surface area (Å²) < 4.78 is 0. The van der Waals surface area contributed by atoms with E-state index in [4.69, 9.17) is 0 Å². The van der Waals surface area contributed by atoms with Crippen molar-refractivity contribution in [2.45, 2.75) is 31.2 Å². The number of carboxylic acid groups (broad SMARTS) is 1. The molecular weight excluding hydrogens is 312 g/mol. The van der Waals surface area contributed by atoms with Gasteiger partial charge < -0.3 is 15.4 Å². The van der Waals surface area contributed by atoms with E-state index in [9.17, 15) is 14.7 Å². The third-order valence-corrected chi connectivity index (χ3v) is 5.52. The molecule has 0 saturated carbocycles. The van der Waals surface area contributed by atoms with Crippen molar-refractivity contribution < 1.29 is 14.7 Å². The molecule has 1 amide bonds. The second kappa shape index (κ2) is 6.66. The van der Waals surface area contributed by atoms with Crippen molar-refractivity contribution in [3.05, 3.63) is 36.0 Å². The van der Waals surface area contributed by atoms with Gasteiger partial charge in [0.05, 0.1) is 0 Å². The van der Waals surface area contributed by atoms with Gasteiger partial charge in [-0.05, 0) is 36.6 Å². The average Bonchev–Trinajstić information content (AvgIpc) is 3.16. The van der Waals surface area contributed by atoms with Gasteiger partial charge in [0.25, 0.3) is 0 Å². The van der Waals surface area contributed by atoms with Crippen molar-refractivity contribution in [2.24, 2.45) is 0 Å². The lowest BCUT2D eigenvalue weighted by atomic mass is 9.98. The van der Waals surface area contributed by atoms with Crippen molar-refractivity contribution >= 4 is 34.5 Å². The first kappa shape index (κ1) is 15.9. The number of nitrogens with one attached hydrogen (secondary N) is 2. The molecular formula is C17H20N2O3S. The summed E-state index contributed by atoms with van der Waals surface area (Å²) in [5, 5.41) is 13.3. The van der Waals surface area contributed by atoms with Crippen LogP contribution in [0.5, 0.6) is 0 Å². The summed E-state index contributed by atoms with van der Waals surface area (Å²) in [7, 11) is 0. The van der Waals surface area contributed by atoms with Gasteiger partial charge in [0.15, 0.2) is 0 Å². The molecule has 5 nitrogen and oxygen atoms in total. The number of benzene rings is 1. The third-order valence-electron chi connectivity index (χ3n) is 4.33. The Balaban J connectivity index is 1.54. The molecule has 6 heteroatoms. The number of hydrogen-bond acceptors (Lipinski definition) is 3. The minimum Gasteiger partial charge on any atom is -0.479 e. The van der Waals surface area contributed by atoms with Crippen LogP contribution in [0.1, 0.15) is 24.8 Å². The Hall–Kier alpha value is -1.95. The van der Waals surface area contributed by atoms with Crippen molar-refractivity contribution in [3.8, 4) is 0 Å². The van der Waals surface area contributed by atoms with Crippen LogP contribution in [0.25, 0.3) is 10.9 Å². The van der Waals surface area contributed by atoms with Crippen LogP contribution < -0.4 is 5.32 Å². The van der Waals surface area contributed by atoms with Crippen LogP contribution in [-0.2, 0) is 16.0 Å². The number of amides is 1. The highest BCUT2D eigenvalue weighted by atomic mass is 32.2. The molecule has 2 heterocycles. The zero-order valence-electron chi connectivity index (χ0n) is 12.8. The molecule has 1 aliphatic heterocycles. The predicted molar refractivity (Wildman–Crippen MR) is 91.7 cm³/mol. The number of aliphatic carboxylic acids is 1. The summed E-state index contributed by atoms with van der Waals surface area (Å²) in [6.45, 7) is 0. The van der Waals surface area contributed by atoms with Gasteiger partial charge in [-0.15, -0.1) is 0 Å². The molecule has 0 spiro atoms. The Kier molecular flexibility index (Phi) is 4.61. The number of aryl methyl sites for hydroxylation is 1. The zero-order chi connectivity index (χ0) is 16.3. The molecule has 1 aromatic heterocycles. The van der Waals surface area contributed by atoms with E-state index in [2.05, 4.69) is 16.4 Å². The molecule has 1 aromatic carbocycles. The van der Waals surface area contributed by atoms with Crippen LogP contribution in [-0.4, -0.2) is 39.0 Å². The van der Waals surface area contributed by atoms with Crippen molar-refractivity contribution in [1.29, 1.82) is 0 Å². The molecule has 0 radical (unpaired) electrons. The first-order valence-electron chi connectivity index (χ1n) is 7.78. The van der Waals surface area contributed by atoms with E-state index < -0.39 is 11.5 Å². The fourth-order valence-corrected chi connectivity index (χ4v) is 4.32. The molecule has 1 saturated heterocycles. The van der Waals surface area contributed by atoms with Gasteiger partial charge in [-0.1, -0.05) is 18.2 Å². The van der Waals surface area contributed by atoms with E-state index in [1.54, 1.807) is 11.8 Å². The molecule has 23 heavy (non-hydrogen) atoms. The van der Waals surface area contributed by atoms with Crippen LogP contribution >= 0.6 is 11.8 Å². The minimum absolute atomic E-state index is 0.172. The van der Waals surface area contributed by atoms with Crippen LogP contribution in [0.2, 0.25) is 0 Å². The number of aromatic amines is 1. The standard InChI is InChI=1S/C17H20N2O3S/c20-15(19-17(16(21)22)8-9-23-11-17)7-3-4-12-10-18-14-6-2-1-5-13(12)14/h1-2,5-6,10,18H,3-4,7-9,11H2,(H,19,20)(H,21,22). The molecule has 1 fully saturated rings. The van der Waals surface area contributed by atoms with E-state index in [1.165, 1.54) is 10.9 Å². The third kappa shape index (κ3) is 3.37. The Morgan fingerprint density at radius 3 is 2.91 bits per heavy atom. The number of rotatable bonds is 6. The maximum Gasteiger partial charge on any atom is 0.330 e. The number of para-hydroxylation sites is 1. The van der Waals surface area contributed by atoms with Gasteiger partial charge in [0, 0.05) is 29.3 Å². The summed E-state index contributed by atoms with van der Waals surface area (Å²) in [4.78, 5) is 26.8. The van der Waals surface area contributed by atoms with E-state index >= 15 is 0 Å². The summed E-state index contributed by atoms with van der Waals surface area (Å²) >= 11 is 1.57. The number of carbonyl (C=O) groups excluding carboxylic acids is 1. The zero-order valence-corrected chi connectivity index (χ0v) is 13.6. The number of thioether (sulfide) groups is 1.